The molecule has 0 saturated carbocycles. The van der Waals surface area contributed by atoms with E-state index in [4.69, 9.17) is 10.5 Å². The quantitative estimate of drug-likeness (QED) is 0.851. The summed E-state index contributed by atoms with van der Waals surface area (Å²) in [7, 11) is 1.65. The Hall–Kier alpha value is -1.61. The normalized spacial score (nSPS) is 10.6. The van der Waals surface area contributed by atoms with Crippen molar-refractivity contribution in [2.24, 2.45) is 5.73 Å². The van der Waals surface area contributed by atoms with Gasteiger partial charge < -0.3 is 10.5 Å². The minimum Gasteiger partial charge on any atom is -0.481 e. The fraction of sp³-hybridized carbons (Fsp3) is 0.308. The number of methoxy groups -OCH3 is 1. The maximum atomic E-state index is 5.53. The molecule has 2 aromatic rings. The molecule has 1 aromatic carbocycles. The average molecular weight is 216 g/mol. The predicted octanol–water partition coefficient (Wildman–Crippen LogP) is 2.13. The van der Waals surface area contributed by atoms with Gasteiger partial charge in [0.05, 0.1) is 7.11 Å². The lowest BCUT2D eigenvalue weighted by Crippen LogP contribution is -2.01. The van der Waals surface area contributed by atoms with Crippen molar-refractivity contribution < 1.29 is 4.74 Å². The molecule has 2 N–H and O–H groups in total. The molecule has 84 valence electrons. The number of ether oxygens (including phenoxy) is 1. The van der Waals surface area contributed by atoms with Gasteiger partial charge >= 0.3 is 0 Å². The van der Waals surface area contributed by atoms with E-state index in [2.05, 4.69) is 11.1 Å². The van der Waals surface area contributed by atoms with Gasteiger partial charge in [0.2, 0.25) is 5.88 Å². The minimum atomic E-state index is 0.687. The third-order valence-corrected chi connectivity index (χ3v) is 2.68. The van der Waals surface area contributed by atoms with Crippen LogP contribution >= 0.6 is 0 Å². The van der Waals surface area contributed by atoms with Crippen LogP contribution in [0.3, 0.4) is 0 Å². The second kappa shape index (κ2) is 4.94. The van der Waals surface area contributed by atoms with E-state index < -0.39 is 0 Å². The molecular formula is C13H16N2O. The lowest BCUT2D eigenvalue weighted by atomic mass is 10.0. The molecule has 0 atom stereocenters. The Morgan fingerprint density at radius 1 is 1.25 bits per heavy atom. The molecule has 16 heavy (non-hydrogen) atoms. The zero-order valence-corrected chi connectivity index (χ0v) is 9.44. The lowest BCUT2D eigenvalue weighted by Gasteiger charge is -2.08. The van der Waals surface area contributed by atoms with E-state index in [-0.39, 0.29) is 0 Å². The van der Waals surface area contributed by atoms with Gasteiger partial charge in [0, 0.05) is 11.6 Å². The molecular weight excluding hydrogens is 200 g/mol. The maximum absolute atomic E-state index is 5.53. The number of hydrogen-bond acceptors (Lipinski definition) is 3. The maximum Gasteiger partial charge on any atom is 0.221 e. The van der Waals surface area contributed by atoms with E-state index in [1.165, 1.54) is 10.9 Å². The number of fused-ring (bicyclic) bond motifs is 1. The van der Waals surface area contributed by atoms with Gasteiger partial charge in [0.25, 0.3) is 0 Å². The van der Waals surface area contributed by atoms with E-state index in [1.54, 1.807) is 7.11 Å². The molecule has 0 saturated heterocycles. The van der Waals surface area contributed by atoms with E-state index in [0.717, 1.165) is 18.2 Å². The Balaban J connectivity index is 2.51. The Kier molecular flexibility index (Phi) is 3.37. The summed E-state index contributed by atoms with van der Waals surface area (Å²) < 4.78 is 5.25. The molecule has 0 amide bonds. The van der Waals surface area contributed by atoms with Crippen molar-refractivity contribution in [1.29, 1.82) is 0 Å². The zero-order valence-electron chi connectivity index (χ0n) is 9.44. The predicted molar refractivity (Wildman–Crippen MR) is 65.7 cm³/mol. The summed E-state index contributed by atoms with van der Waals surface area (Å²) in [5.74, 6) is 0.687. The standard InChI is InChI=1S/C13H16N2O/c1-16-13-12-7-3-2-6-11(12)10(9-15-13)5-4-8-14/h2-3,6-7,9H,4-5,8,14H2,1H3. The van der Waals surface area contributed by atoms with Crippen molar-refractivity contribution in [3.8, 4) is 5.88 Å². The Labute approximate surface area is 95.2 Å². The van der Waals surface area contributed by atoms with Crippen LogP contribution in [0.2, 0.25) is 0 Å². The molecule has 3 heteroatoms. The summed E-state index contributed by atoms with van der Waals surface area (Å²) in [5, 5.41) is 2.28. The molecule has 0 bridgehead atoms. The number of pyridine rings is 1. The minimum absolute atomic E-state index is 0.687. The van der Waals surface area contributed by atoms with Crippen LogP contribution in [0, 0.1) is 0 Å². The van der Waals surface area contributed by atoms with Gasteiger partial charge in [-0.3, -0.25) is 0 Å². The third-order valence-electron chi connectivity index (χ3n) is 2.68. The summed E-state index contributed by atoms with van der Waals surface area (Å²) in [6.45, 7) is 0.709. The van der Waals surface area contributed by atoms with E-state index in [1.807, 2.05) is 24.4 Å². The summed E-state index contributed by atoms with van der Waals surface area (Å²) >= 11 is 0. The highest BCUT2D eigenvalue weighted by molar-refractivity contribution is 5.89. The van der Waals surface area contributed by atoms with Crippen LogP contribution in [0.5, 0.6) is 5.88 Å². The highest BCUT2D eigenvalue weighted by Gasteiger charge is 2.06. The summed E-state index contributed by atoms with van der Waals surface area (Å²) in [4.78, 5) is 4.32. The second-order valence-corrected chi connectivity index (χ2v) is 3.73. The Morgan fingerprint density at radius 3 is 2.69 bits per heavy atom. The Morgan fingerprint density at radius 2 is 2.00 bits per heavy atom. The molecule has 0 aliphatic heterocycles. The first-order chi connectivity index (χ1) is 7.86. The lowest BCUT2D eigenvalue weighted by molar-refractivity contribution is 0.403. The number of hydrogen-bond donors (Lipinski definition) is 1. The van der Waals surface area contributed by atoms with Gasteiger partial charge in [-0.25, -0.2) is 4.98 Å². The molecule has 1 aromatic heterocycles. The fourth-order valence-electron chi connectivity index (χ4n) is 1.88. The summed E-state index contributed by atoms with van der Waals surface area (Å²) in [5.41, 5.74) is 6.77. The molecule has 2 rings (SSSR count). The topological polar surface area (TPSA) is 48.1 Å². The van der Waals surface area contributed by atoms with Crippen molar-refractivity contribution in [1.82, 2.24) is 4.98 Å². The van der Waals surface area contributed by atoms with E-state index in [0.29, 0.717) is 12.4 Å². The first-order valence-electron chi connectivity index (χ1n) is 5.47. The van der Waals surface area contributed by atoms with Crippen LogP contribution in [-0.2, 0) is 6.42 Å². The average Bonchev–Trinajstić information content (AvgIpc) is 2.36. The third kappa shape index (κ3) is 1.99. The first-order valence-corrected chi connectivity index (χ1v) is 5.47. The van der Waals surface area contributed by atoms with Crippen molar-refractivity contribution >= 4 is 10.8 Å². The van der Waals surface area contributed by atoms with Crippen LogP contribution in [0.15, 0.2) is 30.5 Å². The number of aromatic nitrogens is 1. The highest BCUT2D eigenvalue weighted by Crippen LogP contribution is 2.26. The number of nitrogens with zero attached hydrogens (tertiary/aromatic N) is 1. The van der Waals surface area contributed by atoms with Crippen LogP contribution < -0.4 is 10.5 Å². The molecule has 0 unspecified atom stereocenters. The number of benzene rings is 1. The number of nitrogens with two attached hydrogens (primary N) is 1. The SMILES string of the molecule is COc1ncc(CCCN)c2ccccc12. The highest BCUT2D eigenvalue weighted by atomic mass is 16.5. The van der Waals surface area contributed by atoms with E-state index in [9.17, 15) is 0 Å². The Bertz CT molecular complexity index is 482. The number of aryl methyl sites for hydroxylation is 1. The van der Waals surface area contributed by atoms with Gasteiger partial charge in [0.1, 0.15) is 0 Å². The number of rotatable bonds is 4. The zero-order chi connectivity index (χ0) is 11.4. The van der Waals surface area contributed by atoms with Gasteiger partial charge in [0.15, 0.2) is 0 Å². The summed E-state index contributed by atoms with van der Waals surface area (Å²) in [6.07, 6.45) is 3.84. The van der Waals surface area contributed by atoms with Crippen molar-refractivity contribution in [2.45, 2.75) is 12.8 Å². The van der Waals surface area contributed by atoms with Gasteiger partial charge in [-0.05, 0) is 36.4 Å². The van der Waals surface area contributed by atoms with E-state index >= 15 is 0 Å². The smallest absolute Gasteiger partial charge is 0.221 e. The monoisotopic (exact) mass is 216 g/mol. The van der Waals surface area contributed by atoms with Gasteiger partial charge in [-0.15, -0.1) is 0 Å². The molecule has 1 heterocycles. The molecule has 0 aliphatic carbocycles. The molecule has 0 spiro atoms. The van der Waals surface area contributed by atoms with Crippen molar-refractivity contribution in [2.75, 3.05) is 13.7 Å². The van der Waals surface area contributed by atoms with Crippen LogP contribution in [0.1, 0.15) is 12.0 Å². The molecule has 0 fully saturated rings. The van der Waals surface area contributed by atoms with Gasteiger partial charge in [-0.2, -0.15) is 0 Å². The van der Waals surface area contributed by atoms with Gasteiger partial charge in [-0.1, -0.05) is 18.2 Å². The van der Waals surface area contributed by atoms with Crippen LogP contribution in [-0.4, -0.2) is 18.6 Å². The van der Waals surface area contributed by atoms with Crippen molar-refractivity contribution in [3.05, 3.63) is 36.0 Å². The van der Waals surface area contributed by atoms with Crippen LogP contribution in [0.25, 0.3) is 10.8 Å². The molecule has 0 aliphatic rings. The first kappa shape index (κ1) is 10.9. The second-order valence-electron chi connectivity index (χ2n) is 3.73. The van der Waals surface area contributed by atoms with Crippen LogP contribution in [0.4, 0.5) is 0 Å². The molecule has 0 radical (unpaired) electrons. The summed E-state index contributed by atoms with van der Waals surface area (Å²) in [6, 6.07) is 8.17. The fourth-order valence-corrected chi connectivity index (χ4v) is 1.88. The molecule has 3 nitrogen and oxygen atoms in total. The largest absolute Gasteiger partial charge is 0.481 e. The van der Waals surface area contributed by atoms with Crippen molar-refractivity contribution in [3.63, 3.8) is 0 Å².